The molecular weight excluding hydrogens is 350 g/mol. The maximum Gasteiger partial charge on any atom is 0.407 e. The topological polar surface area (TPSA) is 122 Å². The molecule has 2 aromatic rings. The Morgan fingerprint density at radius 2 is 2.30 bits per heavy atom. The van der Waals surface area contributed by atoms with E-state index in [-0.39, 0.29) is 30.4 Å². The van der Waals surface area contributed by atoms with E-state index in [1.165, 1.54) is 6.20 Å². The van der Waals surface area contributed by atoms with Crippen LogP contribution in [0.3, 0.4) is 0 Å². The first-order chi connectivity index (χ1) is 13.1. The van der Waals surface area contributed by atoms with E-state index in [0.717, 1.165) is 37.8 Å². The summed E-state index contributed by atoms with van der Waals surface area (Å²) in [5, 5.41) is 16.2. The summed E-state index contributed by atoms with van der Waals surface area (Å²) in [5.74, 6) is 0.972. The van der Waals surface area contributed by atoms with Crippen molar-refractivity contribution in [2.45, 2.75) is 57.5 Å². The minimum atomic E-state index is -0.348. The molecule has 0 spiro atoms. The van der Waals surface area contributed by atoms with Gasteiger partial charge in [0.05, 0.1) is 12.6 Å². The largest absolute Gasteiger partial charge is 0.446 e. The zero-order chi connectivity index (χ0) is 19.1. The molecule has 0 radical (unpaired) electrons. The lowest BCUT2D eigenvalue weighted by Gasteiger charge is -2.13. The van der Waals surface area contributed by atoms with Gasteiger partial charge in [-0.25, -0.2) is 4.79 Å². The lowest BCUT2D eigenvalue weighted by Crippen LogP contribution is -2.28. The number of rotatable bonds is 8. The summed E-state index contributed by atoms with van der Waals surface area (Å²) < 4.78 is 10.4. The van der Waals surface area contributed by atoms with E-state index in [4.69, 9.17) is 9.26 Å². The Bertz CT molecular complexity index is 743. The number of unbranched alkanes of at least 4 members (excludes halogenated alkanes) is 1. The quantitative estimate of drug-likeness (QED) is 0.610. The van der Waals surface area contributed by atoms with Crippen molar-refractivity contribution in [2.24, 2.45) is 0 Å². The molecule has 1 aliphatic carbocycles. The number of nitrogens with one attached hydrogen (secondary N) is 3. The number of carbonyl (C=O) groups excluding carboxylic acids is 2. The number of aromatic amines is 1. The van der Waals surface area contributed by atoms with Crippen LogP contribution in [0, 0.1) is 0 Å². The number of anilines is 1. The number of H-pyrrole nitrogens is 1. The van der Waals surface area contributed by atoms with Gasteiger partial charge in [0, 0.05) is 30.3 Å². The third kappa shape index (κ3) is 5.57. The number of hydrogen-bond donors (Lipinski definition) is 3. The smallest absolute Gasteiger partial charge is 0.407 e. The molecule has 0 aromatic carbocycles. The van der Waals surface area contributed by atoms with Crippen LogP contribution in [0.15, 0.2) is 22.9 Å². The Hall–Kier alpha value is -2.84. The average Bonchev–Trinajstić information content (AvgIpc) is 3.37. The van der Waals surface area contributed by atoms with Gasteiger partial charge in [-0.15, -0.1) is 0 Å². The molecule has 3 N–H and O–H groups in total. The van der Waals surface area contributed by atoms with Crippen LogP contribution in [0.2, 0.25) is 0 Å². The molecule has 3 rings (SSSR count). The summed E-state index contributed by atoms with van der Waals surface area (Å²) in [6, 6.07) is 3.47. The number of alkyl carbamates (subject to hydrolysis) is 1. The van der Waals surface area contributed by atoms with Gasteiger partial charge in [-0.05, 0) is 25.7 Å². The van der Waals surface area contributed by atoms with Gasteiger partial charge in [0.15, 0.2) is 5.82 Å². The molecular formula is C18H25N5O4. The Labute approximate surface area is 157 Å². The Kier molecular flexibility index (Phi) is 6.45. The zero-order valence-corrected chi connectivity index (χ0v) is 15.4. The zero-order valence-electron chi connectivity index (χ0n) is 15.4. The maximum absolute atomic E-state index is 12.0. The molecule has 1 aliphatic rings. The third-order valence-electron chi connectivity index (χ3n) is 4.59. The summed E-state index contributed by atoms with van der Waals surface area (Å²) in [6.07, 6.45) is 5.60. The maximum atomic E-state index is 12.0. The highest BCUT2D eigenvalue weighted by atomic mass is 16.6. The van der Waals surface area contributed by atoms with Gasteiger partial charge in [-0.3, -0.25) is 9.89 Å². The summed E-state index contributed by atoms with van der Waals surface area (Å²) in [6.45, 7) is 2.72. The fraction of sp³-hybridized carbons (Fsp3) is 0.556. The molecule has 9 heteroatoms. The highest BCUT2D eigenvalue weighted by Crippen LogP contribution is 2.35. The highest BCUT2D eigenvalue weighted by Gasteiger charge is 2.30. The predicted octanol–water partition coefficient (Wildman–Crippen LogP) is 2.74. The minimum absolute atomic E-state index is 0.0931. The molecule has 27 heavy (non-hydrogen) atoms. The van der Waals surface area contributed by atoms with Crippen LogP contribution >= 0.6 is 0 Å². The standard InChI is InChI=1S/C18H25N5O4/c1-2-3-7-19-18(25)26-13-5-4-12(9-13)15-11-16(23-22-15)21-17(24)10-14-6-8-20-27-14/h6,8,11-13H,2-5,7,9-10H2,1H3,(H,19,25)(H2,21,22,23,24)/t12-,13+/m1/s1. The van der Waals surface area contributed by atoms with Crippen molar-refractivity contribution in [2.75, 3.05) is 11.9 Å². The lowest BCUT2D eigenvalue weighted by molar-refractivity contribution is -0.115. The van der Waals surface area contributed by atoms with E-state index in [0.29, 0.717) is 18.1 Å². The highest BCUT2D eigenvalue weighted by molar-refractivity contribution is 5.91. The lowest BCUT2D eigenvalue weighted by atomic mass is 10.0. The number of carbonyl (C=O) groups is 2. The van der Waals surface area contributed by atoms with Crippen molar-refractivity contribution in [1.29, 1.82) is 0 Å². The first-order valence-electron chi connectivity index (χ1n) is 9.33. The van der Waals surface area contributed by atoms with Gasteiger partial charge in [-0.2, -0.15) is 5.10 Å². The Morgan fingerprint density at radius 3 is 3.07 bits per heavy atom. The van der Waals surface area contributed by atoms with Crippen molar-refractivity contribution >= 4 is 17.8 Å². The van der Waals surface area contributed by atoms with Gasteiger partial charge < -0.3 is 19.9 Å². The van der Waals surface area contributed by atoms with E-state index in [9.17, 15) is 9.59 Å². The summed E-state index contributed by atoms with van der Waals surface area (Å²) in [7, 11) is 0. The van der Waals surface area contributed by atoms with Crippen molar-refractivity contribution in [3.63, 3.8) is 0 Å². The van der Waals surface area contributed by atoms with Crippen LogP contribution in [0.1, 0.15) is 56.4 Å². The number of ether oxygens (including phenoxy) is 1. The molecule has 0 aliphatic heterocycles. The minimum Gasteiger partial charge on any atom is -0.446 e. The van der Waals surface area contributed by atoms with Crippen LogP contribution in [0.25, 0.3) is 0 Å². The van der Waals surface area contributed by atoms with Gasteiger partial charge in [0.2, 0.25) is 5.91 Å². The van der Waals surface area contributed by atoms with Crippen molar-refractivity contribution < 1.29 is 18.8 Å². The van der Waals surface area contributed by atoms with E-state index in [2.05, 4.69) is 32.9 Å². The molecule has 1 saturated carbocycles. The second kappa shape index (κ2) is 9.20. The van der Waals surface area contributed by atoms with E-state index < -0.39 is 0 Å². The molecule has 2 amide bonds. The van der Waals surface area contributed by atoms with Crippen molar-refractivity contribution in [1.82, 2.24) is 20.7 Å². The van der Waals surface area contributed by atoms with Crippen molar-refractivity contribution in [3.05, 3.63) is 29.8 Å². The molecule has 0 unspecified atom stereocenters. The number of nitrogens with zero attached hydrogens (tertiary/aromatic N) is 2. The monoisotopic (exact) mass is 375 g/mol. The number of aromatic nitrogens is 3. The fourth-order valence-electron chi connectivity index (χ4n) is 3.18. The molecule has 2 aromatic heterocycles. The van der Waals surface area contributed by atoms with Gasteiger partial charge in [0.1, 0.15) is 11.9 Å². The summed E-state index contributed by atoms with van der Waals surface area (Å²) >= 11 is 0. The van der Waals surface area contributed by atoms with Crippen molar-refractivity contribution in [3.8, 4) is 0 Å². The van der Waals surface area contributed by atoms with Gasteiger partial charge >= 0.3 is 6.09 Å². The van der Waals surface area contributed by atoms with Crippen LogP contribution in [0.5, 0.6) is 0 Å². The normalized spacial score (nSPS) is 19.0. The first kappa shape index (κ1) is 18.9. The SMILES string of the molecule is CCCCNC(=O)O[C@H]1CC[C@@H](c2cc(NC(=O)Cc3ccno3)n[nH]2)C1. The molecule has 2 atom stereocenters. The number of amides is 2. The van der Waals surface area contributed by atoms with Crippen LogP contribution in [-0.2, 0) is 16.0 Å². The Morgan fingerprint density at radius 1 is 1.41 bits per heavy atom. The second-order valence-corrected chi connectivity index (χ2v) is 6.73. The second-order valence-electron chi connectivity index (χ2n) is 6.73. The van der Waals surface area contributed by atoms with Crippen LogP contribution < -0.4 is 10.6 Å². The molecule has 1 fully saturated rings. The van der Waals surface area contributed by atoms with E-state index in [1.54, 1.807) is 6.07 Å². The summed E-state index contributed by atoms with van der Waals surface area (Å²) in [5.41, 5.74) is 0.933. The number of hydrogen-bond acceptors (Lipinski definition) is 6. The third-order valence-corrected chi connectivity index (χ3v) is 4.59. The molecule has 0 bridgehead atoms. The fourth-order valence-corrected chi connectivity index (χ4v) is 3.18. The van der Waals surface area contributed by atoms with Gasteiger partial charge in [-0.1, -0.05) is 18.5 Å². The summed E-state index contributed by atoms with van der Waals surface area (Å²) in [4.78, 5) is 23.7. The molecule has 0 saturated heterocycles. The van der Waals surface area contributed by atoms with Gasteiger partial charge in [0.25, 0.3) is 0 Å². The molecule has 9 nitrogen and oxygen atoms in total. The average molecular weight is 375 g/mol. The predicted molar refractivity (Wildman–Crippen MR) is 97.2 cm³/mol. The van der Waals surface area contributed by atoms with Crippen LogP contribution in [-0.4, -0.2) is 40.0 Å². The van der Waals surface area contributed by atoms with E-state index >= 15 is 0 Å². The molecule has 2 heterocycles. The molecule has 146 valence electrons. The van der Waals surface area contributed by atoms with Crippen LogP contribution in [0.4, 0.5) is 10.6 Å². The first-order valence-corrected chi connectivity index (χ1v) is 9.33. The Balaban J connectivity index is 1.44. The van der Waals surface area contributed by atoms with E-state index in [1.807, 2.05) is 6.07 Å².